The number of carbonyl (C=O) groups is 1. The highest BCUT2D eigenvalue weighted by Gasteiger charge is 2.41. The van der Waals surface area contributed by atoms with Gasteiger partial charge in [-0.25, -0.2) is 0 Å². The topological polar surface area (TPSA) is 67.2 Å². The number of hydrogen-bond acceptors (Lipinski definition) is 4. The summed E-state index contributed by atoms with van der Waals surface area (Å²) >= 11 is 1.38. The van der Waals surface area contributed by atoms with Crippen molar-refractivity contribution in [3.63, 3.8) is 0 Å². The smallest absolute Gasteiger partial charge is 0.234 e. The van der Waals surface area contributed by atoms with E-state index in [1.54, 1.807) is 0 Å². The first-order chi connectivity index (χ1) is 10.6. The van der Waals surface area contributed by atoms with Gasteiger partial charge in [-0.05, 0) is 58.3 Å². The van der Waals surface area contributed by atoms with Gasteiger partial charge < -0.3 is 11.1 Å². The van der Waals surface area contributed by atoms with Gasteiger partial charge >= 0.3 is 0 Å². The molecule has 0 heterocycles. The lowest BCUT2D eigenvalue weighted by molar-refractivity contribution is -0.120. The maximum Gasteiger partial charge on any atom is 0.234 e. The van der Waals surface area contributed by atoms with E-state index in [1.165, 1.54) is 19.0 Å². The highest BCUT2D eigenvalue weighted by atomic mass is 32.2. The molecular weight excluding hydrogens is 294 g/mol. The largest absolute Gasteiger partial charge is 0.382 e. The zero-order valence-corrected chi connectivity index (χ0v) is 14.5. The van der Waals surface area contributed by atoms with Crippen LogP contribution in [0.3, 0.4) is 0 Å². The summed E-state index contributed by atoms with van der Waals surface area (Å²) in [6, 6.07) is 8.36. The quantitative estimate of drug-likeness (QED) is 0.577. The van der Waals surface area contributed by atoms with E-state index in [2.05, 4.69) is 41.5 Å². The molecular formula is C17H25N3OS. The number of amides is 1. The molecule has 4 N–H and O–H groups in total. The van der Waals surface area contributed by atoms with E-state index >= 15 is 0 Å². The number of carbonyl (C=O) groups excluding carboxylic acids is 1. The van der Waals surface area contributed by atoms with E-state index in [0.717, 1.165) is 17.0 Å². The Kier molecular flexibility index (Phi) is 7.86. The predicted octanol–water partition coefficient (Wildman–Crippen LogP) is 2.86. The molecule has 4 nitrogen and oxygen atoms in total. The molecule has 1 fully saturated rings. The van der Waals surface area contributed by atoms with Crippen molar-refractivity contribution < 1.29 is 4.79 Å². The van der Waals surface area contributed by atoms with Crippen molar-refractivity contribution in [2.45, 2.75) is 38.1 Å². The SMILES string of the molecule is CC#C[C@@H]1C[C@@H]1C(=O)NSc1ccccc1NC(C)C.CN. The minimum atomic E-state index is 0.0696. The predicted molar refractivity (Wildman–Crippen MR) is 94.4 cm³/mol. The number of anilines is 1. The molecule has 1 aliphatic rings. The Bertz CT molecular complexity index is 548. The molecule has 1 saturated carbocycles. The summed E-state index contributed by atoms with van der Waals surface area (Å²) in [5, 5.41) is 3.38. The van der Waals surface area contributed by atoms with Gasteiger partial charge in [-0.1, -0.05) is 18.1 Å². The van der Waals surface area contributed by atoms with E-state index in [1.807, 2.05) is 31.2 Å². The van der Waals surface area contributed by atoms with E-state index in [9.17, 15) is 4.79 Å². The van der Waals surface area contributed by atoms with Crippen LogP contribution in [-0.2, 0) is 4.79 Å². The lowest BCUT2D eigenvalue weighted by Gasteiger charge is -2.14. The number of para-hydroxylation sites is 1. The first-order valence-corrected chi connectivity index (χ1v) is 8.25. The van der Waals surface area contributed by atoms with E-state index < -0.39 is 0 Å². The van der Waals surface area contributed by atoms with Gasteiger partial charge in [0.05, 0.1) is 10.8 Å². The van der Waals surface area contributed by atoms with Gasteiger partial charge in [0.15, 0.2) is 0 Å². The molecule has 0 unspecified atom stereocenters. The summed E-state index contributed by atoms with van der Waals surface area (Å²) in [6.07, 6.45) is 0.888. The molecule has 2 rings (SSSR count). The Morgan fingerprint density at radius 2 is 2.05 bits per heavy atom. The Morgan fingerprint density at radius 1 is 1.36 bits per heavy atom. The van der Waals surface area contributed by atoms with Gasteiger partial charge in [-0.15, -0.1) is 5.92 Å². The molecule has 0 spiro atoms. The number of hydrogen-bond donors (Lipinski definition) is 3. The molecule has 120 valence electrons. The van der Waals surface area contributed by atoms with Crippen LogP contribution in [0.15, 0.2) is 29.2 Å². The average molecular weight is 319 g/mol. The minimum absolute atomic E-state index is 0.0696. The molecule has 0 bridgehead atoms. The summed E-state index contributed by atoms with van der Waals surface area (Å²) in [6.45, 7) is 6.01. The van der Waals surface area contributed by atoms with Crippen molar-refractivity contribution in [2.75, 3.05) is 12.4 Å². The fourth-order valence-electron chi connectivity index (χ4n) is 2.00. The van der Waals surface area contributed by atoms with Crippen LogP contribution in [0.4, 0.5) is 5.69 Å². The summed E-state index contributed by atoms with van der Waals surface area (Å²) in [7, 11) is 1.50. The van der Waals surface area contributed by atoms with Crippen molar-refractivity contribution in [1.29, 1.82) is 0 Å². The average Bonchev–Trinajstić information content (AvgIpc) is 3.27. The normalized spacial score (nSPS) is 18.5. The van der Waals surface area contributed by atoms with Crippen LogP contribution in [0.5, 0.6) is 0 Å². The Labute approximate surface area is 137 Å². The van der Waals surface area contributed by atoms with Crippen molar-refractivity contribution in [3.8, 4) is 11.8 Å². The van der Waals surface area contributed by atoms with Gasteiger partial charge in [0.25, 0.3) is 0 Å². The minimum Gasteiger partial charge on any atom is -0.382 e. The van der Waals surface area contributed by atoms with Crippen LogP contribution in [-0.4, -0.2) is 19.0 Å². The second-order valence-electron chi connectivity index (χ2n) is 5.21. The first-order valence-electron chi connectivity index (χ1n) is 7.44. The molecule has 1 aromatic rings. The zero-order chi connectivity index (χ0) is 16.5. The Hall–Kier alpha value is -1.64. The summed E-state index contributed by atoms with van der Waals surface area (Å²) in [5.41, 5.74) is 5.55. The molecule has 0 aliphatic heterocycles. The van der Waals surface area contributed by atoms with E-state index in [0.29, 0.717) is 6.04 Å². The number of nitrogens with two attached hydrogens (primary N) is 1. The monoisotopic (exact) mass is 319 g/mol. The van der Waals surface area contributed by atoms with E-state index in [-0.39, 0.29) is 17.7 Å². The van der Waals surface area contributed by atoms with Crippen molar-refractivity contribution in [1.82, 2.24) is 4.72 Å². The fraction of sp³-hybridized carbons (Fsp3) is 0.471. The Balaban J connectivity index is 0.00000116. The van der Waals surface area contributed by atoms with Gasteiger partial charge in [0.1, 0.15) is 0 Å². The van der Waals surface area contributed by atoms with Gasteiger partial charge in [0, 0.05) is 17.6 Å². The van der Waals surface area contributed by atoms with Crippen molar-refractivity contribution in [3.05, 3.63) is 24.3 Å². The lowest BCUT2D eigenvalue weighted by atomic mass is 10.3. The molecule has 0 aromatic heterocycles. The molecule has 2 atom stereocenters. The third-order valence-corrected chi connectivity index (χ3v) is 3.93. The number of rotatable bonds is 5. The van der Waals surface area contributed by atoms with Crippen LogP contribution in [0.1, 0.15) is 27.2 Å². The van der Waals surface area contributed by atoms with Crippen molar-refractivity contribution >= 4 is 23.5 Å². The van der Waals surface area contributed by atoms with E-state index in [4.69, 9.17) is 0 Å². The maximum atomic E-state index is 12.0. The summed E-state index contributed by atoms with van der Waals surface area (Å²) < 4.78 is 2.93. The van der Waals surface area contributed by atoms with Crippen LogP contribution in [0, 0.1) is 23.7 Å². The maximum absolute atomic E-state index is 12.0. The van der Waals surface area contributed by atoms with Gasteiger partial charge in [-0.3, -0.25) is 9.52 Å². The highest BCUT2D eigenvalue weighted by Crippen LogP contribution is 2.38. The molecule has 5 heteroatoms. The van der Waals surface area contributed by atoms with Gasteiger partial charge in [-0.2, -0.15) is 0 Å². The van der Waals surface area contributed by atoms with Crippen LogP contribution >= 0.6 is 11.9 Å². The molecule has 0 saturated heterocycles. The van der Waals surface area contributed by atoms with Crippen LogP contribution in [0.2, 0.25) is 0 Å². The van der Waals surface area contributed by atoms with Gasteiger partial charge in [0.2, 0.25) is 5.91 Å². The molecule has 1 aliphatic carbocycles. The Morgan fingerprint density at radius 3 is 2.68 bits per heavy atom. The summed E-state index contributed by atoms with van der Waals surface area (Å²) in [5.74, 6) is 6.34. The number of nitrogens with one attached hydrogen (secondary N) is 2. The highest BCUT2D eigenvalue weighted by molar-refractivity contribution is 7.98. The zero-order valence-electron chi connectivity index (χ0n) is 13.6. The third kappa shape index (κ3) is 5.63. The standard InChI is InChI=1S/C16H20N2OS.CH5N/c1-4-7-12-10-13(12)16(19)18-20-15-9-6-5-8-14(15)17-11(2)3;1-2/h5-6,8-9,11-13,17H,10H2,1-3H3,(H,18,19);2H2,1H3/t12-,13+;/m1./s1. The van der Waals surface area contributed by atoms with Crippen LogP contribution < -0.4 is 15.8 Å². The van der Waals surface area contributed by atoms with Crippen molar-refractivity contribution in [2.24, 2.45) is 17.6 Å². The molecule has 1 aromatic carbocycles. The third-order valence-electron chi connectivity index (χ3n) is 3.05. The number of benzene rings is 1. The summed E-state index contributed by atoms with van der Waals surface area (Å²) in [4.78, 5) is 13.0. The fourth-order valence-corrected chi connectivity index (χ4v) is 2.74. The second-order valence-corrected chi connectivity index (χ2v) is 6.05. The molecule has 22 heavy (non-hydrogen) atoms. The second kappa shape index (κ2) is 9.39. The lowest BCUT2D eigenvalue weighted by Crippen LogP contribution is -2.19. The molecule has 0 radical (unpaired) electrons. The van der Waals surface area contributed by atoms with Crippen LogP contribution in [0.25, 0.3) is 0 Å². The molecule has 1 amide bonds. The first kappa shape index (κ1) is 18.4.